The van der Waals surface area contributed by atoms with E-state index in [2.05, 4.69) is 16.0 Å². The van der Waals surface area contributed by atoms with Crippen LogP contribution in [0.3, 0.4) is 0 Å². The Kier molecular flexibility index (Phi) is 7.05. The third-order valence-electron chi connectivity index (χ3n) is 3.70. The minimum atomic E-state index is -0.359. The average molecular weight is 371 g/mol. The zero-order valence-electron chi connectivity index (χ0n) is 16.0. The molecule has 2 aromatic carbocycles. The zero-order chi connectivity index (χ0) is 19.8. The van der Waals surface area contributed by atoms with Gasteiger partial charge in [-0.1, -0.05) is 12.1 Å². The molecule has 0 atom stereocenters. The monoisotopic (exact) mass is 371 g/mol. The van der Waals surface area contributed by atoms with E-state index in [9.17, 15) is 9.59 Å². The van der Waals surface area contributed by atoms with E-state index >= 15 is 0 Å². The van der Waals surface area contributed by atoms with Gasteiger partial charge in [-0.05, 0) is 43.7 Å². The lowest BCUT2D eigenvalue weighted by Gasteiger charge is -2.14. The SMILES string of the molecule is COc1cc(CNC(=O)c2ccccc2NC(=O)NC(C)C)cc(OC)c1. The Morgan fingerprint density at radius 3 is 2.22 bits per heavy atom. The van der Waals surface area contributed by atoms with Gasteiger partial charge >= 0.3 is 6.03 Å². The largest absolute Gasteiger partial charge is 0.497 e. The van der Waals surface area contributed by atoms with Crippen molar-refractivity contribution >= 4 is 17.6 Å². The molecule has 2 rings (SSSR count). The van der Waals surface area contributed by atoms with Gasteiger partial charge in [-0.25, -0.2) is 4.79 Å². The number of nitrogens with one attached hydrogen (secondary N) is 3. The summed E-state index contributed by atoms with van der Waals surface area (Å²) in [6.45, 7) is 4.01. The highest BCUT2D eigenvalue weighted by molar-refractivity contribution is 6.03. The van der Waals surface area contributed by atoms with Gasteiger partial charge in [0, 0.05) is 18.7 Å². The van der Waals surface area contributed by atoms with Crippen molar-refractivity contribution in [1.29, 1.82) is 0 Å². The average Bonchev–Trinajstić information content (AvgIpc) is 2.65. The molecule has 27 heavy (non-hydrogen) atoms. The molecule has 7 nitrogen and oxygen atoms in total. The van der Waals surface area contributed by atoms with E-state index in [0.29, 0.717) is 29.3 Å². The van der Waals surface area contributed by atoms with Crippen LogP contribution >= 0.6 is 0 Å². The molecular weight excluding hydrogens is 346 g/mol. The number of rotatable bonds is 7. The number of methoxy groups -OCH3 is 2. The normalized spacial score (nSPS) is 10.3. The molecule has 0 heterocycles. The molecule has 7 heteroatoms. The van der Waals surface area contributed by atoms with Crippen molar-refractivity contribution in [2.24, 2.45) is 0 Å². The molecule has 0 aromatic heterocycles. The second kappa shape index (κ2) is 9.47. The number of hydrogen-bond donors (Lipinski definition) is 3. The van der Waals surface area contributed by atoms with Gasteiger partial charge in [-0.2, -0.15) is 0 Å². The third-order valence-corrected chi connectivity index (χ3v) is 3.70. The summed E-state index contributed by atoms with van der Waals surface area (Å²) < 4.78 is 10.5. The number of ether oxygens (including phenoxy) is 2. The van der Waals surface area contributed by atoms with Gasteiger partial charge in [0.15, 0.2) is 0 Å². The van der Waals surface area contributed by atoms with E-state index in [1.54, 1.807) is 44.6 Å². The summed E-state index contributed by atoms with van der Waals surface area (Å²) in [6, 6.07) is 11.9. The number of urea groups is 1. The Bertz CT molecular complexity index is 783. The lowest BCUT2D eigenvalue weighted by atomic mass is 10.1. The van der Waals surface area contributed by atoms with Crippen LogP contribution in [0.5, 0.6) is 11.5 Å². The van der Waals surface area contributed by atoms with Crippen molar-refractivity contribution in [3.63, 3.8) is 0 Å². The Hall–Kier alpha value is -3.22. The number of carbonyl (C=O) groups excluding carboxylic acids is 2. The standard InChI is InChI=1S/C20H25N3O4/c1-13(2)22-20(25)23-18-8-6-5-7-17(18)19(24)21-12-14-9-15(26-3)11-16(10-14)27-4/h5-11,13H,12H2,1-4H3,(H,21,24)(H2,22,23,25). The van der Waals surface area contributed by atoms with E-state index < -0.39 is 0 Å². The number of anilines is 1. The first-order valence-electron chi connectivity index (χ1n) is 8.59. The summed E-state index contributed by atoms with van der Waals surface area (Å²) in [4.78, 5) is 24.5. The fourth-order valence-electron chi connectivity index (χ4n) is 2.46. The van der Waals surface area contributed by atoms with E-state index in [0.717, 1.165) is 5.56 Å². The molecule has 0 aliphatic carbocycles. The first kappa shape index (κ1) is 20.1. The molecule has 0 spiro atoms. The number of hydrogen-bond acceptors (Lipinski definition) is 4. The highest BCUT2D eigenvalue weighted by atomic mass is 16.5. The molecule has 0 unspecified atom stereocenters. The van der Waals surface area contributed by atoms with Crippen LogP contribution in [-0.2, 0) is 6.54 Å². The number of carbonyl (C=O) groups is 2. The molecule has 0 bridgehead atoms. The first-order valence-corrected chi connectivity index (χ1v) is 8.59. The summed E-state index contributed by atoms with van der Waals surface area (Å²) in [6.07, 6.45) is 0. The van der Waals surface area contributed by atoms with E-state index in [-0.39, 0.29) is 18.0 Å². The van der Waals surface area contributed by atoms with Gasteiger partial charge in [-0.15, -0.1) is 0 Å². The van der Waals surface area contributed by atoms with Crippen molar-refractivity contribution in [3.05, 3.63) is 53.6 Å². The molecule has 2 aromatic rings. The maximum Gasteiger partial charge on any atom is 0.319 e. The van der Waals surface area contributed by atoms with Crippen molar-refractivity contribution < 1.29 is 19.1 Å². The topological polar surface area (TPSA) is 88.7 Å². The highest BCUT2D eigenvalue weighted by Crippen LogP contribution is 2.22. The van der Waals surface area contributed by atoms with Crippen molar-refractivity contribution in [2.45, 2.75) is 26.4 Å². The molecule has 0 radical (unpaired) electrons. The van der Waals surface area contributed by atoms with Crippen LogP contribution in [0.4, 0.5) is 10.5 Å². The predicted molar refractivity (Wildman–Crippen MR) is 104 cm³/mol. The molecule has 0 fully saturated rings. The maximum atomic E-state index is 12.6. The molecule has 0 saturated heterocycles. The number of benzene rings is 2. The Morgan fingerprint density at radius 1 is 1.00 bits per heavy atom. The molecule has 3 amide bonds. The number of para-hydroxylation sites is 1. The van der Waals surface area contributed by atoms with Crippen molar-refractivity contribution in [1.82, 2.24) is 10.6 Å². The van der Waals surface area contributed by atoms with E-state index in [4.69, 9.17) is 9.47 Å². The van der Waals surface area contributed by atoms with Gasteiger partial charge < -0.3 is 25.4 Å². The van der Waals surface area contributed by atoms with E-state index in [1.165, 1.54) is 0 Å². The smallest absolute Gasteiger partial charge is 0.319 e. The Labute approximate surface area is 159 Å². The van der Waals surface area contributed by atoms with Crippen LogP contribution in [0.25, 0.3) is 0 Å². The zero-order valence-corrected chi connectivity index (χ0v) is 16.0. The summed E-state index contributed by atoms with van der Waals surface area (Å²) in [5, 5.41) is 8.29. The summed E-state index contributed by atoms with van der Waals surface area (Å²) >= 11 is 0. The van der Waals surface area contributed by atoms with Crippen LogP contribution in [0.15, 0.2) is 42.5 Å². The summed E-state index contributed by atoms with van der Waals surface area (Å²) in [5.41, 5.74) is 1.66. The lowest BCUT2D eigenvalue weighted by Crippen LogP contribution is -2.35. The van der Waals surface area contributed by atoms with E-state index in [1.807, 2.05) is 26.0 Å². The van der Waals surface area contributed by atoms with Crippen LogP contribution in [0.2, 0.25) is 0 Å². The number of amides is 3. The lowest BCUT2D eigenvalue weighted by molar-refractivity contribution is 0.0951. The van der Waals surface area contributed by atoms with Crippen molar-refractivity contribution in [3.8, 4) is 11.5 Å². The summed E-state index contributed by atoms with van der Waals surface area (Å²) in [5.74, 6) is 0.995. The minimum absolute atomic E-state index is 0.00553. The molecule has 0 aliphatic rings. The van der Waals surface area contributed by atoms with Crippen LogP contribution in [0.1, 0.15) is 29.8 Å². The molecule has 0 saturated carbocycles. The Morgan fingerprint density at radius 2 is 1.63 bits per heavy atom. The third kappa shape index (κ3) is 5.91. The second-order valence-electron chi connectivity index (χ2n) is 6.20. The fourth-order valence-corrected chi connectivity index (χ4v) is 2.46. The molecule has 3 N–H and O–H groups in total. The van der Waals surface area contributed by atoms with Gasteiger partial charge in [0.2, 0.25) is 0 Å². The Balaban J connectivity index is 2.09. The van der Waals surface area contributed by atoms with Crippen LogP contribution < -0.4 is 25.4 Å². The first-order chi connectivity index (χ1) is 12.9. The second-order valence-corrected chi connectivity index (χ2v) is 6.20. The quantitative estimate of drug-likeness (QED) is 0.697. The minimum Gasteiger partial charge on any atom is -0.497 e. The highest BCUT2D eigenvalue weighted by Gasteiger charge is 2.13. The van der Waals surface area contributed by atoms with Gasteiger partial charge in [0.25, 0.3) is 5.91 Å². The maximum absolute atomic E-state index is 12.6. The van der Waals surface area contributed by atoms with Gasteiger partial charge in [0.1, 0.15) is 11.5 Å². The van der Waals surface area contributed by atoms with Gasteiger partial charge in [-0.3, -0.25) is 4.79 Å². The fraction of sp³-hybridized carbons (Fsp3) is 0.300. The molecule has 0 aliphatic heterocycles. The van der Waals surface area contributed by atoms with Gasteiger partial charge in [0.05, 0.1) is 25.5 Å². The molecular formula is C20H25N3O4. The summed E-state index contributed by atoms with van der Waals surface area (Å²) in [7, 11) is 3.14. The molecule has 144 valence electrons. The predicted octanol–water partition coefficient (Wildman–Crippen LogP) is 3.16. The van der Waals surface area contributed by atoms with Crippen LogP contribution in [-0.4, -0.2) is 32.2 Å². The van der Waals surface area contributed by atoms with Crippen LogP contribution in [0, 0.1) is 0 Å². The van der Waals surface area contributed by atoms with Crippen molar-refractivity contribution in [2.75, 3.05) is 19.5 Å².